The van der Waals surface area contributed by atoms with Crippen LogP contribution in [0, 0.1) is 0 Å². The van der Waals surface area contributed by atoms with Gasteiger partial charge in [-0.25, -0.2) is 4.79 Å². The second kappa shape index (κ2) is 9.04. The molecule has 0 amide bonds. The first-order chi connectivity index (χ1) is 13.4. The number of carbonyl (C=O) groups is 1. The van der Waals surface area contributed by atoms with E-state index in [0.717, 1.165) is 30.9 Å². The summed E-state index contributed by atoms with van der Waals surface area (Å²) in [6.07, 6.45) is -1.56. The minimum absolute atomic E-state index is 0.113. The summed E-state index contributed by atoms with van der Waals surface area (Å²) >= 11 is 0. The van der Waals surface area contributed by atoms with Crippen molar-refractivity contribution >= 4 is 14.3 Å². The Balaban J connectivity index is 2.40. The van der Waals surface area contributed by atoms with Crippen molar-refractivity contribution in [1.29, 1.82) is 0 Å². The highest BCUT2D eigenvalue weighted by Gasteiger charge is 2.63. The number of halogens is 3. The van der Waals surface area contributed by atoms with Crippen LogP contribution in [0.25, 0.3) is 0 Å². The van der Waals surface area contributed by atoms with Gasteiger partial charge in [0.1, 0.15) is 6.10 Å². The van der Waals surface area contributed by atoms with Gasteiger partial charge in [0.2, 0.25) is 0 Å². The van der Waals surface area contributed by atoms with E-state index in [0.29, 0.717) is 12.0 Å². The highest BCUT2D eigenvalue weighted by atomic mass is 28.4. The molecule has 0 aromatic heterocycles. The molecule has 7 heteroatoms. The molecule has 0 bridgehead atoms. The first-order valence-electron chi connectivity index (χ1n) is 10.0. The number of benzene rings is 1. The molecule has 3 nitrogen and oxygen atoms in total. The Labute approximate surface area is 172 Å². The predicted molar refractivity (Wildman–Crippen MR) is 110 cm³/mol. The van der Waals surface area contributed by atoms with E-state index >= 15 is 0 Å². The number of rotatable bonds is 6. The Morgan fingerprint density at radius 2 is 1.66 bits per heavy atom. The molecule has 1 fully saturated rings. The first-order valence-corrected chi connectivity index (χ1v) is 13.5. The Kier molecular flexibility index (Phi) is 7.38. The van der Waals surface area contributed by atoms with Gasteiger partial charge < -0.3 is 9.16 Å². The molecule has 0 saturated heterocycles. The lowest BCUT2D eigenvalue weighted by Crippen LogP contribution is -2.59. The molecule has 1 aromatic carbocycles. The maximum absolute atomic E-state index is 14.2. The summed E-state index contributed by atoms with van der Waals surface area (Å²) in [5.41, 5.74) is -1.74. The van der Waals surface area contributed by atoms with Gasteiger partial charge in [0.15, 0.2) is 8.32 Å². The van der Waals surface area contributed by atoms with E-state index < -0.39 is 32.2 Å². The van der Waals surface area contributed by atoms with Gasteiger partial charge in [0.05, 0.1) is 0 Å². The van der Waals surface area contributed by atoms with E-state index in [4.69, 9.17) is 9.16 Å². The third kappa shape index (κ3) is 5.95. The summed E-state index contributed by atoms with van der Waals surface area (Å²) < 4.78 is 53.8. The normalized spacial score (nSPS) is 22.5. The van der Waals surface area contributed by atoms with Crippen LogP contribution in [0.3, 0.4) is 0 Å². The van der Waals surface area contributed by atoms with Crippen LogP contribution < -0.4 is 0 Å². The molecule has 1 aliphatic rings. The van der Waals surface area contributed by atoms with Crippen molar-refractivity contribution < 1.29 is 27.1 Å². The molecule has 0 N–H and O–H groups in total. The molecule has 3 atom stereocenters. The van der Waals surface area contributed by atoms with Crippen LogP contribution in [0.5, 0.6) is 0 Å². The van der Waals surface area contributed by atoms with Crippen LogP contribution in [-0.4, -0.2) is 32.2 Å². The zero-order valence-electron chi connectivity index (χ0n) is 17.8. The average Bonchev–Trinajstić information content (AvgIpc) is 2.59. The minimum Gasteiger partial charge on any atom is -0.459 e. The summed E-state index contributed by atoms with van der Waals surface area (Å²) in [7, 11) is -2.74. The predicted octanol–water partition coefficient (Wildman–Crippen LogP) is 6.37. The Bertz CT molecular complexity index is 721. The lowest BCUT2D eigenvalue weighted by Gasteiger charge is -2.39. The van der Waals surface area contributed by atoms with Crippen LogP contribution in [-0.2, 0) is 14.0 Å². The fourth-order valence-electron chi connectivity index (χ4n) is 3.82. The fourth-order valence-corrected chi connectivity index (χ4v) is 5.04. The number of esters is 1. The lowest BCUT2D eigenvalue weighted by molar-refractivity contribution is -0.243. The number of hydrogen-bond donors (Lipinski definition) is 0. The molecule has 0 heterocycles. The molecule has 29 heavy (non-hydrogen) atoms. The summed E-state index contributed by atoms with van der Waals surface area (Å²) in [6, 6.07) is 9.53. The van der Waals surface area contributed by atoms with Crippen LogP contribution in [0.1, 0.15) is 51.0 Å². The number of ether oxygens (including phenoxy) is 1. The molecule has 1 aromatic rings. The standard InChI is InChI=1S/C22H31F3O3Si/c1-16(2)15-21(22(23,24)25,28-29(3,4)5)20(26)27-19-14-10-9-13-18(19)17-11-7-6-8-12-17/h6-8,11-12,15,18-19H,9-10,13-14H2,1-5H3/t18-,19+,21+/m1/s1. The third-order valence-electron chi connectivity index (χ3n) is 4.87. The van der Waals surface area contributed by atoms with E-state index in [9.17, 15) is 18.0 Å². The van der Waals surface area contributed by atoms with E-state index in [2.05, 4.69) is 0 Å². The molecule has 0 aliphatic heterocycles. The molecule has 0 spiro atoms. The monoisotopic (exact) mass is 428 g/mol. The molecule has 2 rings (SSSR count). The van der Waals surface area contributed by atoms with Gasteiger partial charge in [-0.05, 0) is 64.4 Å². The Morgan fingerprint density at radius 3 is 2.17 bits per heavy atom. The molecular weight excluding hydrogens is 397 g/mol. The number of alkyl halides is 3. The molecule has 162 valence electrons. The van der Waals surface area contributed by atoms with Gasteiger partial charge in [0.25, 0.3) is 5.60 Å². The second-order valence-corrected chi connectivity index (χ2v) is 13.3. The first kappa shape index (κ1) is 23.7. The van der Waals surface area contributed by atoms with Crippen LogP contribution >= 0.6 is 0 Å². The summed E-state index contributed by atoms with van der Waals surface area (Å²) in [5, 5.41) is 0. The van der Waals surface area contributed by atoms with Crippen molar-refractivity contribution in [2.24, 2.45) is 0 Å². The highest BCUT2D eigenvalue weighted by Crippen LogP contribution is 2.42. The van der Waals surface area contributed by atoms with E-state index in [1.807, 2.05) is 30.3 Å². The quantitative estimate of drug-likeness (QED) is 0.300. The number of carbonyl (C=O) groups excluding carboxylic acids is 1. The van der Waals surface area contributed by atoms with Gasteiger partial charge >= 0.3 is 12.1 Å². The zero-order chi connectivity index (χ0) is 21.9. The van der Waals surface area contributed by atoms with Crippen molar-refractivity contribution in [3.8, 4) is 0 Å². The van der Waals surface area contributed by atoms with Gasteiger partial charge in [-0.15, -0.1) is 0 Å². The molecular formula is C22H31F3O3Si. The van der Waals surface area contributed by atoms with Crippen LogP contribution in [0.15, 0.2) is 42.0 Å². The van der Waals surface area contributed by atoms with Gasteiger partial charge in [-0.2, -0.15) is 13.2 Å². The zero-order valence-corrected chi connectivity index (χ0v) is 18.8. The topological polar surface area (TPSA) is 35.5 Å². The van der Waals surface area contributed by atoms with Crippen LogP contribution in [0.2, 0.25) is 19.6 Å². The second-order valence-electron chi connectivity index (χ2n) is 8.91. The fraction of sp³-hybridized carbons (Fsp3) is 0.591. The van der Waals surface area contributed by atoms with E-state index in [1.165, 1.54) is 13.8 Å². The molecule has 0 radical (unpaired) electrons. The average molecular weight is 429 g/mol. The maximum atomic E-state index is 14.2. The van der Waals surface area contributed by atoms with Crippen molar-refractivity contribution in [3.05, 3.63) is 47.5 Å². The minimum atomic E-state index is -4.92. The third-order valence-corrected chi connectivity index (χ3v) is 5.81. The molecule has 0 unspecified atom stereocenters. The van der Waals surface area contributed by atoms with Gasteiger partial charge in [0, 0.05) is 5.92 Å². The Morgan fingerprint density at radius 1 is 1.07 bits per heavy atom. The van der Waals surface area contributed by atoms with Crippen molar-refractivity contribution in [1.82, 2.24) is 0 Å². The largest absolute Gasteiger partial charge is 0.459 e. The van der Waals surface area contributed by atoms with E-state index in [-0.39, 0.29) is 5.92 Å². The molecule has 1 aliphatic carbocycles. The van der Waals surface area contributed by atoms with Crippen molar-refractivity contribution in [3.63, 3.8) is 0 Å². The summed E-state index contributed by atoms with van der Waals surface area (Å²) in [4.78, 5) is 13.1. The van der Waals surface area contributed by atoms with Crippen LogP contribution in [0.4, 0.5) is 13.2 Å². The number of hydrogen-bond acceptors (Lipinski definition) is 3. The van der Waals surface area contributed by atoms with Gasteiger partial charge in [-0.3, -0.25) is 0 Å². The van der Waals surface area contributed by atoms with Crippen molar-refractivity contribution in [2.75, 3.05) is 0 Å². The molecule has 1 saturated carbocycles. The summed E-state index contributed by atoms with van der Waals surface area (Å²) in [6.45, 7) is 7.94. The highest BCUT2D eigenvalue weighted by molar-refractivity contribution is 6.70. The van der Waals surface area contributed by atoms with Crippen molar-refractivity contribution in [2.45, 2.75) is 83.0 Å². The van der Waals surface area contributed by atoms with E-state index in [1.54, 1.807) is 19.6 Å². The maximum Gasteiger partial charge on any atom is 0.431 e. The lowest BCUT2D eigenvalue weighted by atomic mass is 9.81. The number of allylic oxidation sites excluding steroid dienone is 1. The van der Waals surface area contributed by atoms with Gasteiger partial charge in [-0.1, -0.05) is 42.3 Å². The summed E-state index contributed by atoms with van der Waals surface area (Å²) in [5.74, 6) is -1.47. The smallest absolute Gasteiger partial charge is 0.431 e. The Hall–Kier alpha value is -1.60. The SMILES string of the molecule is CC(C)=C[C@](O[Si](C)(C)C)(C(=O)O[C@H]1CCCC[C@@H]1c1ccccc1)C(F)(F)F.